The number of aliphatic hydroxyl groups is 2. The molecule has 8 atom stereocenters. The van der Waals surface area contributed by atoms with Gasteiger partial charge in [-0.3, -0.25) is 13.5 Å². The number of hydrogen-bond donors (Lipinski definition) is 4. The molecule has 80 heavy (non-hydrogen) atoms. The van der Waals surface area contributed by atoms with Crippen molar-refractivity contribution in [2.45, 2.75) is 86.8 Å². The number of aliphatic hydroxyl groups excluding tert-OH is 2. The van der Waals surface area contributed by atoms with Crippen molar-refractivity contribution < 1.29 is 34.9 Å². The summed E-state index contributed by atoms with van der Waals surface area (Å²) in [7, 11) is 2.37. The Balaban J connectivity index is 0.000000174. The lowest BCUT2D eigenvalue weighted by molar-refractivity contribution is -0.0517. The predicted molar refractivity (Wildman–Crippen MR) is 305 cm³/mol. The molecule has 2 aliphatic heterocycles. The van der Waals surface area contributed by atoms with E-state index in [4.69, 9.17) is 30.3 Å². The third-order valence-corrected chi connectivity index (χ3v) is 15.1. The molecule has 17 heteroatoms. The SMILES string of the molecule is CC[C@H]1O[C@@H](n2cnc3c(NC(c4ccccc4)(c4ccccc4)c4ccccc4)ncnc32)[C@@H](O)C1O.CC[C@H]1O[C@@H](n2cnc3c(NC(c4ccccc4)(c4ccccc4)c4ccccc4)ncnc32)[C@@H](OC)C1OC.[2H]CF. The Hall–Kier alpha value is -8.29. The summed E-state index contributed by atoms with van der Waals surface area (Å²) >= 11 is 0. The van der Waals surface area contributed by atoms with Gasteiger partial charge in [-0.25, -0.2) is 29.9 Å². The van der Waals surface area contributed by atoms with Crippen molar-refractivity contribution in [2.75, 3.05) is 32.0 Å². The summed E-state index contributed by atoms with van der Waals surface area (Å²) in [5, 5.41) is 28.7. The molecule has 12 rings (SSSR count). The van der Waals surface area contributed by atoms with Gasteiger partial charge in [-0.05, 0) is 46.2 Å². The first kappa shape index (κ1) is 53.7. The van der Waals surface area contributed by atoms with E-state index in [-0.39, 0.29) is 18.3 Å². The molecule has 2 saturated heterocycles. The first-order valence-electron chi connectivity index (χ1n) is 27.3. The van der Waals surface area contributed by atoms with Gasteiger partial charge in [0.2, 0.25) is 0 Å². The van der Waals surface area contributed by atoms with Crippen LogP contribution in [0.25, 0.3) is 22.3 Å². The third-order valence-electron chi connectivity index (χ3n) is 15.1. The van der Waals surface area contributed by atoms with E-state index < -0.39 is 49.0 Å². The van der Waals surface area contributed by atoms with E-state index in [1.54, 1.807) is 37.8 Å². The van der Waals surface area contributed by atoms with Crippen LogP contribution >= 0.6 is 0 Å². The lowest BCUT2D eigenvalue weighted by Crippen LogP contribution is -2.38. The smallest absolute Gasteiger partial charge is 0.167 e. The molecule has 16 nitrogen and oxygen atoms in total. The minimum atomic E-state index is -1.10. The second kappa shape index (κ2) is 24.8. The number of imidazole rings is 2. The van der Waals surface area contributed by atoms with E-state index in [1.807, 2.05) is 84.3 Å². The summed E-state index contributed by atoms with van der Waals surface area (Å²) in [5.74, 6) is 1.15. The van der Waals surface area contributed by atoms with Crippen molar-refractivity contribution in [3.63, 3.8) is 0 Å². The molecule has 0 spiro atoms. The van der Waals surface area contributed by atoms with Gasteiger partial charge in [0.25, 0.3) is 0 Å². The Kier molecular flexibility index (Phi) is 16.6. The monoisotopic (exact) mass is 1080 g/mol. The number of methoxy groups -OCH3 is 2. The highest BCUT2D eigenvalue weighted by Gasteiger charge is 2.47. The molecular weight excluding hydrogens is 1010 g/mol. The van der Waals surface area contributed by atoms with E-state index in [9.17, 15) is 14.6 Å². The van der Waals surface area contributed by atoms with Gasteiger partial charge in [-0.15, -0.1) is 0 Å². The van der Waals surface area contributed by atoms with Gasteiger partial charge in [0, 0.05) is 14.2 Å². The number of rotatable bonds is 16. The van der Waals surface area contributed by atoms with Crippen LogP contribution in [0, 0.1) is 0 Å². The maximum atomic E-state index is 10.7. The fraction of sp³-hybridized carbons (Fsp3) is 0.270. The quantitative estimate of drug-likeness (QED) is 0.0669. The van der Waals surface area contributed by atoms with E-state index >= 15 is 0 Å². The fourth-order valence-electron chi connectivity index (χ4n) is 11.3. The topological polar surface area (TPSA) is 189 Å². The van der Waals surface area contributed by atoms with Crippen molar-refractivity contribution in [3.05, 3.63) is 241 Å². The first-order valence-corrected chi connectivity index (χ1v) is 26.6. The molecule has 0 saturated carbocycles. The first-order chi connectivity index (χ1) is 39.8. The molecule has 0 aliphatic carbocycles. The van der Waals surface area contributed by atoms with Crippen LogP contribution in [0.3, 0.4) is 0 Å². The molecule has 6 heterocycles. The van der Waals surface area contributed by atoms with Crippen molar-refractivity contribution in [2.24, 2.45) is 0 Å². The molecule has 4 aromatic heterocycles. The standard InChI is InChI=1S/C32H33N5O3.C30H29N5O3.CH3F/c1-4-25-27(38-2)28(39-3)31(40-25)37-21-35-26-29(33-20-34-30(26)37)36-32(22-14-8-5-9-15-22,23-16-10-6-11-17-23)24-18-12-7-13-19-24;1-2-23-25(36)26(37)29(38-23)35-19-33-24-27(31-18-32-28(24)35)34-30(20-12-6-3-7-13-20,21-14-8-4-9-15-21)22-16-10-5-11-17-22;1-2/h5-21,25,27-28,31H,4H2,1-3H3,(H,33,34,36);3-19,23,25-26,29,36-37H,2H2,1H3,(H,31,32,34);1H3/t25-,27?,28+,31-;23-,25?,26+,29-;/m11./s1/i;;1D. The number of ether oxygens (including phenoxy) is 4. The summed E-state index contributed by atoms with van der Waals surface area (Å²) < 4.78 is 43.1. The summed E-state index contributed by atoms with van der Waals surface area (Å²) in [6.45, 7) is 3.99. The third kappa shape index (κ3) is 10.2. The van der Waals surface area contributed by atoms with Gasteiger partial charge in [0.05, 0.1) is 33.4 Å². The van der Waals surface area contributed by atoms with Crippen LogP contribution in [-0.2, 0) is 30.0 Å². The molecule has 4 N–H and O–H groups in total. The average Bonchev–Trinajstić information content (AvgIpc) is 4.52. The van der Waals surface area contributed by atoms with Gasteiger partial charge >= 0.3 is 0 Å². The van der Waals surface area contributed by atoms with Crippen molar-refractivity contribution in [1.29, 1.82) is 0 Å². The van der Waals surface area contributed by atoms with Gasteiger partial charge in [-0.1, -0.05) is 196 Å². The second-order valence-electron chi connectivity index (χ2n) is 19.4. The van der Waals surface area contributed by atoms with Crippen LogP contribution in [-0.4, -0.2) is 107 Å². The van der Waals surface area contributed by atoms with E-state index in [1.165, 1.54) is 6.33 Å². The number of halogens is 1. The van der Waals surface area contributed by atoms with Gasteiger partial charge in [-0.2, -0.15) is 0 Å². The average molecular weight is 1080 g/mol. The summed E-state index contributed by atoms with van der Waals surface area (Å²) in [5.41, 5.74) is 7.11. The van der Waals surface area contributed by atoms with E-state index in [2.05, 4.69) is 147 Å². The Morgan fingerprint density at radius 1 is 0.487 bits per heavy atom. The zero-order valence-electron chi connectivity index (χ0n) is 45.9. The number of aromatic nitrogens is 8. The zero-order valence-corrected chi connectivity index (χ0v) is 44.9. The predicted octanol–water partition coefficient (Wildman–Crippen LogP) is 10.4. The van der Waals surface area contributed by atoms with Crippen LogP contribution in [0.2, 0.25) is 0 Å². The number of benzene rings is 6. The lowest BCUT2D eigenvalue weighted by atomic mass is 9.77. The van der Waals surface area contributed by atoms with Crippen LogP contribution in [0.1, 0.15) is 73.9 Å². The lowest BCUT2D eigenvalue weighted by Gasteiger charge is -2.37. The highest BCUT2D eigenvalue weighted by atomic mass is 19.1. The van der Waals surface area contributed by atoms with Crippen LogP contribution < -0.4 is 10.6 Å². The van der Waals surface area contributed by atoms with Gasteiger partial charge in [0.15, 0.2) is 46.4 Å². The number of nitrogens with one attached hydrogen (secondary N) is 2. The van der Waals surface area contributed by atoms with E-state index in [0.717, 1.165) is 39.8 Å². The molecule has 410 valence electrons. The van der Waals surface area contributed by atoms with Crippen molar-refractivity contribution in [1.82, 2.24) is 39.0 Å². The summed E-state index contributed by atoms with van der Waals surface area (Å²) in [4.78, 5) is 27.9. The number of hydrogen-bond acceptors (Lipinski definition) is 14. The maximum Gasteiger partial charge on any atom is 0.167 e. The summed E-state index contributed by atoms with van der Waals surface area (Å²) in [6.07, 6.45) is 3.37. The van der Waals surface area contributed by atoms with Crippen LogP contribution in [0.4, 0.5) is 16.0 Å². The molecule has 0 amide bonds. The molecule has 2 unspecified atom stereocenters. The normalized spacial score (nSPS) is 21.0. The number of fused-ring (bicyclic) bond motifs is 2. The van der Waals surface area contributed by atoms with E-state index in [0.29, 0.717) is 40.4 Å². The molecular formula is C63H65FN10O6. The highest BCUT2D eigenvalue weighted by molar-refractivity contribution is 5.85. The maximum absolute atomic E-state index is 10.7. The largest absolute Gasteiger partial charge is 0.388 e. The highest BCUT2D eigenvalue weighted by Crippen LogP contribution is 2.44. The van der Waals surface area contributed by atoms with Gasteiger partial charge in [0.1, 0.15) is 48.1 Å². The van der Waals surface area contributed by atoms with Crippen LogP contribution in [0.5, 0.6) is 0 Å². The minimum absolute atomic E-state index is 0.0984. The number of anilines is 2. The fourth-order valence-corrected chi connectivity index (χ4v) is 11.3. The Bertz CT molecular complexity index is 3370. The van der Waals surface area contributed by atoms with Crippen molar-refractivity contribution in [3.8, 4) is 0 Å². The zero-order chi connectivity index (χ0) is 56.3. The Morgan fingerprint density at radius 3 is 1.12 bits per heavy atom. The molecule has 0 bridgehead atoms. The molecule has 0 radical (unpaired) electrons. The second-order valence-corrected chi connectivity index (χ2v) is 19.4. The minimum Gasteiger partial charge on any atom is -0.388 e. The molecule has 2 fully saturated rings. The van der Waals surface area contributed by atoms with Gasteiger partial charge < -0.3 is 39.8 Å². The molecule has 10 aromatic rings. The van der Waals surface area contributed by atoms with Crippen molar-refractivity contribution >= 4 is 34.0 Å². The molecule has 2 aliphatic rings. The van der Waals surface area contributed by atoms with Crippen LogP contribution in [0.15, 0.2) is 207 Å². The Morgan fingerprint density at radius 2 is 0.812 bits per heavy atom. The summed E-state index contributed by atoms with van der Waals surface area (Å²) in [6, 6.07) is 61.9. The Labute approximate surface area is 465 Å². The molecule has 6 aromatic carbocycles. The number of nitrogens with zero attached hydrogens (tertiary/aromatic N) is 8. The number of alkyl halides is 1.